The minimum atomic E-state index is -0.695. The Hall–Kier alpha value is -17.2. The molecule has 2 aliphatic rings. The molecule has 0 fully saturated rings. The van der Waals surface area contributed by atoms with Crippen LogP contribution in [-0.4, -0.2) is 20.4 Å². The van der Waals surface area contributed by atoms with Crippen LogP contribution in [0.25, 0.3) is 134 Å². The van der Waals surface area contributed by atoms with Crippen LogP contribution < -0.4 is 26.2 Å². The number of hydrogen-bond acceptors (Lipinski definition) is 8. The summed E-state index contributed by atoms with van der Waals surface area (Å²) in [5, 5.41) is 68.1. The number of hydrogen-bond donors (Lipinski definition) is 0. The summed E-state index contributed by atoms with van der Waals surface area (Å²) in [6, 6.07) is 85.4. The van der Waals surface area contributed by atoms with Crippen LogP contribution in [0.4, 0.5) is 68.2 Å². The van der Waals surface area contributed by atoms with Crippen molar-refractivity contribution in [2.45, 2.75) is 0 Å². The van der Waals surface area contributed by atoms with E-state index >= 15 is 0 Å². The van der Waals surface area contributed by atoms with Crippen molar-refractivity contribution in [3.63, 3.8) is 0 Å². The van der Waals surface area contributed by atoms with E-state index in [1.165, 1.54) is 36.4 Å². The van der Waals surface area contributed by atoms with Gasteiger partial charge < -0.3 is 23.5 Å². The Balaban J connectivity index is 1.03. The van der Waals surface area contributed by atoms with Crippen LogP contribution in [0.3, 0.4) is 0 Å². The molecule has 0 aliphatic carbocycles. The average Bonchev–Trinajstić information content (AvgIpc) is 0.867. The van der Waals surface area contributed by atoms with Crippen molar-refractivity contribution in [2.75, 3.05) is 9.80 Å². The summed E-state index contributed by atoms with van der Waals surface area (Å²) in [5.41, 5.74) is 15.8. The van der Waals surface area contributed by atoms with E-state index in [-0.39, 0.29) is 67.5 Å². The summed E-state index contributed by atoms with van der Waals surface area (Å²) in [6.07, 6.45) is 0. The number of rotatable bonds is 7. The molecule has 0 bridgehead atoms. The lowest BCUT2D eigenvalue weighted by Crippen LogP contribution is -2.61. The molecule has 486 valence electrons. The molecule has 18 heteroatoms. The van der Waals surface area contributed by atoms with Crippen molar-refractivity contribution in [3.05, 3.63) is 332 Å². The normalized spacial score (nSPS) is 11.5. The minimum absolute atomic E-state index is 0.104. The number of nitrogens with zero attached hydrogens (tertiary/aromatic N) is 17. The number of fused-ring (bicyclic) bond motifs is 13. The molecule has 0 N–H and O–H groups in total. The highest BCUT2D eigenvalue weighted by Crippen LogP contribution is 2.52. The lowest BCUT2D eigenvalue weighted by molar-refractivity contribution is 1.15. The zero-order chi connectivity index (χ0) is 73.9. The first kappa shape index (κ1) is 63.0. The van der Waals surface area contributed by atoms with Crippen molar-refractivity contribution in [1.29, 1.82) is 31.6 Å². The highest BCUT2D eigenvalue weighted by atomic mass is 15.2. The van der Waals surface area contributed by atoms with E-state index in [1.54, 1.807) is 36.4 Å². The van der Waals surface area contributed by atoms with Crippen molar-refractivity contribution in [3.8, 4) is 75.7 Å². The molecule has 0 spiro atoms. The lowest BCUT2D eigenvalue weighted by atomic mass is 9.33. The molecule has 0 amide bonds. The third-order valence-electron chi connectivity index (χ3n) is 20.5. The molecule has 5 heterocycles. The quantitative estimate of drug-likeness (QED) is 0.111. The standard InChI is InChI=1S/C90H38BN17/c1-98-61-35-59(49-96)86-72(37-61)73-38-62(99-2)36-60(50-97)87(73)106(86)66-25-27-75-80(41-66)104(64-21-17-56(18-22-64)54-13-9-7-10-14-54)82-43-68(108-85-58(48-95)29-51(45-92)30-69(85)74-39-63(100-3)40-79(103-6)90(74)108)44-83-84(82)91(75)76-28-26-67(42-81(76)105(83)65-23-19-57(20-24-65)55-15-11-8-12-16-55)107-88-70(31-52(46-93)33-77(88)101-4)71-32-53(47-94)34-78(102-5)89(71)107/h7-44H. The predicted molar refractivity (Wildman–Crippen MR) is 420 cm³/mol. The van der Waals surface area contributed by atoms with Crippen molar-refractivity contribution in [1.82, 2.24) is 13.7 Å². The molecule has 17 nitrogen and oxygen atoms in total. The fraction of sp³-hybridized carbons (Fsp3) is 0. The van der Waals surface area contributed by atoms with Crippen molar-refractivity contribution in [2.24, 2.45) is 0 Å². The van der Waals surface area contributed by atoms with Crippen LogP contribution in [-0.2, 0) is 0 Å². The first-order chi connectivity index (χ1) is 53.0. The van der Waals surface area contributed by atoms with Crippen LogP contribution in [0, 0.1) is 107 Å². The van der Waals surface area contributed by atoms with E-state index in [9.17, 15) is 31.6 Å². The van der Waals surface area contributed by atoms with E-state index in [1.807, 2.05) is 141 Å². The highest BCUT2D eigenvalue weighted by Gasteiger charge is 2.45. The van der Waals surface area contributed by atoms with Gasteiger partial charge in [0, 0.05) is 67.7 Å². The number of anilines is 6. The predicted octanol–water partition coefficient (Wildman–Crippen LogP) is 20.9. The average molecular weight is 1370 g/mol. The van der Waals surface area contributed by atoms with Gasteiger partial charge in [-0.25, -0.2) is 29.1 Å². The monoisotopic (exact) mass is 1370 g/mol. The maximum absolute atomic E-state index is 11.4. The van der Waals surface area contributed by atoms with Gasteiger partial charge in [0.25, 0.3) is 6.71 Å². The van der Waals surface area contributed by atoms with E-state index < -0.39 is 6.71 Å². The molecule has 3 aromatic heterocycles. The second-order valence-electron chi connectivity index (χ2n) is 26.0. The Kier molecular flexibility index (Phi) is 14.2. The number of aromatic nitrogens is 3. The van der Waals surface area contributed by atoms with E-state index in [4.69, 9.17) is 39.4 Å². The Labute approximate surface area is 616 Å². The summed E-state index contributed by atoms with van der Waals surface area (Å²) in [6.45, 7) is 50.2. The van der Waals surface area contributed by atoms with E-state index in [0.29, 0.717) is 117 Å². The van der Waals surface area contributed by atoms with Gasteiger partial charge in [-0.15, -0.1) is 0 Å². The third kappa shape index (κ3) is 9.20. The third-order valence-corrected chi connectivity index (χ3v) is 20.5. The molecule has 108 heavy (non-hydrogen) atoms. The minimum Gasteiger partial charge on any atom is -0.329 e. The van der Waals surface area contributed by atoms with E-state index in [2.05, 4.69) is 106 Å². The fourth-order valence-corrected chi connectivity index (χ4v) is 16.2. The molecule has 18 rings (SSSR count). The smallest absolute Gasteiger partial charge is 0.252 e. The molecule has 0 radical (unpaired) electrons. The van der Waals surface area contributed by atoms with Gasteiger partial charge in [-0.2, -0.15) is 31.6 Å². The number of benzene rings is 13. The largest absolute Gasteiger partial charge is 0.329 e. The Morgan fingerprint density at radius 2 is 0.593 bits per heavy atom. The van der Waals surface area contributed by atoms with Crippen LogP contribution in [0.15, 0.2) is 231 Å². The topological polar surface area (TPSA) is 190 Å². The van der Waals surface area contributed by atoms with Crippen LogP contribution in [0.1, 0.15) is 33.4 Å². The van der Waals surface area contributed by atoms with Gasteiger partial charge in [0.2, 0.25) is 17.1 Å². The molecular formula is C90H38BN17. The fourth-order valence-electron chi connectivity index (χ4n) is 16.2. The molecule has 0 saturated heterocycles. The Morgan fingerprint density at radius 1 is 0.269 bits per heavy atom. The summed E-state index contributed by atoms with van der Waals surface area (Å²) in [7, 11) is 0. The SMILES string of the molecule is [C-]#[N+]c1cc(C#N)c2c(c1)c1cc([N+]#[C-])cc(C#N)c1n2-c1ccc2c(c1)N(c1ccc(-c3ccccc3)cc1)c1cc(-n3c4c(C#N)cc(C#N)cc4c4cc([N+]#[C-])cc([N+]#[C-])c43)cc3c1B2c1ccc(-n2c4c([N+]#[C-])cc(C#N)cc4c4cc(C#N)cc([N+]#[C-])c42)cc1N3c1ccc(-c2ccccc2)cc1. The second kappa shape index (κ2) is 24.3. The van der Waals surface area contributed by atoms with Gasteiger partial charge in [-0.05, 0) is 199 Å². The first-order valence-corrected chi connectivity index (χ1v) is 33.5. The molecule has 13 aromatic carbocycles. The van der Waals surface area contributed by atoms with Gasteiger partial charge in [-0.1, -0.05) is 97.1 Å². The summed E-state index contributed by atoms with van der Waals surface area (Å²) in [5.74, 6) is 0. The van der Waals surface area contributed by atoms with Crippen LogP contribution >= 0.6 is 0 Å². The van der Waals surface area contributed by atoms with Crippen molar-refractivity contribution < 1.29 is 0 Å². The molecule has 16 aromatic rings. The molecule has 0 unspecified atom stereocenters. The number of nitriles is 6. The Morgan fingerprint density at radius 3 is 0.991 bits per heavy atom. The van der Waals surface area contributed by atoms with Crippen LogP contribution in [0.5, 0.6) is 0 Å². The summed E-state index contributed by atoms with van der Waals surface area (Å²) >= 11 is 0. The van der Waals surface area contributed by atoms with Gasteiger partial charge in [-0.3, -0.25) is 0 Å². The zero-order valence-electron chi connectivity index (χ0n) is 56.1. The second-order valence-corrected chi connectivity index (χ2v) is 26.0. The summed E-state index contributed by atoms with van der Waals surface area (Å²) < 4.78 is 5.60. The molecule has 0 atom stereocenters. The van der Waals surface area contributed by atoms with E-state index in [0.717, 1.165) is 38.6 Å². The van der Waals surface area contributed by atoms with Gasteiger partial charge in [0.1, 0.15) is 18.2 Å². The Bertz CT molecular complexity index is 6790. The molecule has 2 aliphatic heterocycles. The van der Waals surface area contributed by atoms with Gasteiger partial charge >= 0.3 is 0 Å². The summed E-state index contributed by atoms with van der Waals surface area (Å²) in [4.78, 5) is 27.8. The zero-order valence-corrected chi connectivity index (χ0v) is 56.1. The van der Waals surface area contributed by atoms with Gasteiger partial charge in [0.15, 0.2) is 17.1 Å². The maximum atomic E-state index is 11.4. The first-order valence-electron chi connectivity index (χ1n) is 33.5. The molecule has 0 saturated carbocycles. The van der Waals surface area contributed by atoms with Crippen molar-refractivity contribution >= 4 is 157 Å². The maximum Gasteiger partial charge on any atom is 0.252 e. The lowest BCUT2D eigenvalue weighted by Gasteiger charge is -2.44. The highest BCUT2D eigenvalue weighted by molar-refractivity contribution is 7.00. The molecular weight excluding hydrogens is 1330 g/mol. The van der Waals surface area contributed by atoms with Gasteiger partial charge in [0.05, 0.1) is 113 Å². The van der Waals surface area contributed by atoms with Crippen LogP contribution in [0.2, 0.25) is 0 Å².